The molecule has 0 aliphatic carbocycles. The predicted octanol–water partition coefficient (Wildman–Crippen LogP) is 6.56. The van der Waals surface area contributed by atoms with E-state index < -0.39 is 12.6 Å². The summed E-state index contributed by atoms with van der Waals surface area (Å²) in [4.78, 5) is 8.32. The molecule has 0 saturated carbocycles. The molecule has 8 heteroatoms. The fourth-order valence-corrected chi connectivity index (χ4v) is 3.61. The average Bonchev–Trinajstić information content (AvgIpc) is 2.98. The van der Waals surface area contributed by atoms with E-state index in [0.29, 0.717) is 11.0 Å². The van der Waals surface area contributed by atoms with E-state index in [1.165, 1.54) is 6.07 Å². The highest BCUT2D eigenvalue weighted by molar-refractivity contribution is 6.42. The second-order valence-electron chi connectivity index (χ2n) is 6.56. The Labute approximate surface area is 174 Å². The van der Waals surface area contributed by atoms with E-state index in [4.69, 9.17) is 23.2 Å². The van der Waals surface area contributed by atoms with Gasteiger partial charge in [0, 0.05) is 24.5 Å². The number of imidazole rings is 1. The van der Waals surface area contributed by atoms with Crippen LogP contribution in [0.3, 0.4) is 0 Å². The summed E-state index contributed by atoms with van der Waals surface area (Å²) in [7, 11) is 0. The molecule has 0 amide bonds. The summed E-state index contributed by atoms with van der Waals surface area (Å²) in [5.74, 6) is -0.0909. The van der Waals surface area contributed by atoms with Gasteiger partial charge in [-0.2, -0.15) is 13.2 Å². The lowest BCUT2D eigenvalue weighted by Gasteiger charge is -2.14. The Morgan fingerprint density at radius 1 is 0.966 bits per heavy atom. The van der Waals surface area contributed by atoms with Crippen LogP contribution < -0.4 is 0 Å². The Hall–Kier alpha value is -2.57. The summed E-state index contributed by atoms with van der Waals surface area (Å²) in [6.45, 7) is 0.199. The van der Waals surface area contributed by atoms with Crippen LogP contribution in [0.25, 0.3) is 22.2 Å². The van der Waals surface area contributed by atoms with Gasteiger partial charge in [-0.05, 0) is 29.3 Å². The zero-order valence-electron chi connectivity index (χ0n) is 14.9. The molecule has 0 unspecified atom stereocenters. The smallest absolute Gasteiger partial charge is 0.323 e. The van der Waals surface area contributed by atoms with Gasteiger partial charge in [-0.3, -0.25) is 4.98 Å². The molecule has 0 fully saturated rings. The van der Waals surface area contributed by atoms with Crippen LogP contribution in [-0.4, -0.2) is 20.7 Å². The van der Waals surface area contributed by atoms with Gasteiger partial charge in [-0.25, -0.2) is 4.98 Å². The number of nitrogens with zero attached hydrogens (tertiary/aromatic N) is 3. The number of hydrogen-bond acceptors (Lipinski definition) is 2. The second-order valence-corrected chi connectivity index (χ2v) is 7.37. The number of aromatic nitrogens is 3. The van der Waals surface area contributed by atoms with Gasteiger partial charge in [-0.1, -0.05) is 53.5 Å². The number of halogens is 5. The molecule has 0 spiro atoms. The summed E-state index contributed by atoms with van der Waals surface area (Å²) in [5, 5.41) is 0.512. The molecule has 29 heavy (non-hydrogen) atoms. The number of benzene rings is 2. The molecule has 2 heterocycles. The van der Waals surface area contributed by atoms with Crippen LogP contribution in [0.2, 0.25) is 10.0 Å². The van der Waals surface area contributed by atoms with Crippen molar-refractivity contribution in [2.45, 2.75) is 19.1 Å². The van der Waals surface area contributed by atoms with E-state index in [-0.39, 0.29) is 22.4 Å². The molecule has 0 aliphatic rings. The first-order chi connectivity index (χ1) is 13.8. The largest absolute Gasteiger partial charge is 0.396 e. The summed E-state index contributed by atoms with van der Waals surface area (Å²) >= 11 is 12.2. The van der Waals surface area contributed by atoms with E-state index in [1.54, 1.807) is 23.0 Å². The standard InChI is InChI=1S/C21H14Cl2F3N3/c22-16-8-18-19(9-17(16)23)29(20(28-18)10-21(24,25)26)12-14-4-1-2-6-15(14)13-5-3-7-27-11-13/h1-9,11H,10,12H2. The predicted molar refractivity (Wildman–Crippen MR) is 108 cm³/mol. The molecule has 0 aliphatic heterocycles. The molecule has 0 atom stereocenters. The highest BCUT2D eigenvalue weighted by Crippen LogP contribution is 2.32. The molecule has 0 N–H and O–H groups in total. The maximum atomic E-state index is 13.2. The lowest BCUT2D eigenvalue weighted by Crippen LogP contribution is -2.17. The van der Waals surface area contributed by atoms with Crippen LogP contribution in [0.4, 0.5) is 13.2 Å². The first-order valence-electron chi connectivity index (χ1n) is 8.71. The van der Waals surface area contributed by atoms with E-state index in [1.807, 2.05) is 36.4 Å². The summed E-state index contributed by atoms with van der Waals surface area (Å²) in [6.07, 6.45) is -2.15. The molecule has 0 saturated heterocycles. The van der Waals surface area contributed by atoms with Crippen LogP contribution in [0.15, 0.2) is 60.9 Å². The lowest BCUT2D eigenvalue weighted by atomic mass is 10.0. The van der Waals surface area contributed by atoms with Crippen LogP contribution in [-0.2, 0) is 13.0 Å². The van der Waals surface area contributed by atoms with Crippen LogP contribution in [0, 0.1) is 0 Å². The topological polar surface area (TPSA) is 30.7 Å². The van der Waals surface area contributed by atoms with E-state index in [2.05, 4.69) is 9.97 Å². The van der Waals surface area contributed by atoms with Gasteiger partial charge in [0.05, 0.1) is 21.1 Å². The van der Waals surface area contributed by atoms with Crippen molar-refractivity contribution < 1.29 is 13.2 Å². The van der Waals surface area contributed by atoms with Crippen molar-refractivity contribution in [3.05, 3.63) is 82.4 Å². The Bertz CT molecular complexity index is 1170. The Morgan fingerprint density at radius 3 is 2.45 bits per heavy atom. The van der Waals surface area contributed by atoms with Gasteiger partial charge in [0.15, 0.2) is 0 Å². The summed E-state index contributed by atoms with van der Waals surface area (Å²) in [6, 6.07) is 14.3. The minimum Gasteiger partial charge on any atom is -0.323 e. The Kier molecular flexibility index (Phi) is 5.23. The quantitative estimate of drug-likeness (QED) is 0.363. The number of fused-ring (bicyclic) bond motifs is 1. The van der Waals surface area contributed by atoms with Crippen molar-refractivity contribution in [1.82, 2.24) is 14.5 Å². The zero-order valence-corrected chi connectivity index (χ0v) is 16.4. The van der Waals surface area contributed by atoms with Gasteiger partial charge >= 0.3 is 6.18 Å². The van der Waals surface area contributed by atoms with Crippen molar-refractivity contribution in [1.29, 1.82) is 0 Å². The minimum absolute atomic E-state index is 0.0909. The normalized spacial score (nSPS) is 11.9. The van der Waals surface area contributed by atoms with Crippen molar-refractivity contribution in [2.24, 2.45) is 0 Å². The number of pyridine rings is 1. The second kappa shape index (κ2) is 7.69. The van der Waals surface area contributed by atoms with E-state index >= 15 is 0 Å². The van der Waals surface area contributed by atoms with E-state index in [9.17, 15) is 13.2 Å². The third kappa shape index (κ3) is 4.23. The number of alkyl halides is 3. The zero-order chi connectivity index (χ0) is 20.6. The van der Waals surface area contributed by atoms with Crippen molar-refractivity contribution in [3.63, 3.8) is 0 Å². The lowest BCUT2D eigenvalue weighted by molar-refractivity contribution is -0.128. The van der Waals surface area contributed by atoms with E-state index in [0.717, 1.165) is 16.7 Å². The van der Waals surface area contributed by atoms with Gasteiger partial charge in [0.2, 0.25) is 0 Å². The molecular weight excluding hydrogens is 422 g/mol. The van der Waals surface area contributed by atoms with Gasteiger partial charge in [0.25, 0.3) is 0 Å². The minimum atomic E-state index is -4.39. The van der Waals surface area contributed by atoms with Gasteiger partial charge in [0.1, 0.15) is 12.2 Å². The van der Waals surface area contributed by atoms with Crippen LogP contribution >= 0.6 is 23.2 Å². The molecule has 0 bridgehead atoms. The van der Waals surface area contributed by atoms with Crippen molar-refractivity contribution in [3.8, 4) is 11.1 Å². The van der Waals surface area contributed by atoms with Crippen molar-refractivity contribution in [2.75, 3.05) is 0 Å². The first-order valence-corrected chi connectivity index (χ1v) is 9.46. The van der Waals surface area contributed by atoms with Gasteiger partial charge < -0.3 is 4.57 Å². The Balaban J connectivity index is 1.86. The van der Waals surface area contributed by atoms with Crippen molar-refractivity contribution >= 4 is 34.2 Å². The maximum absolute atomic E-state index is 13.2. The fourth-order valence-electron chi connectivity index (χ4n) is 3.29. The highest BCUT2D eigenvalue weighted by Gasteiger charge is 2.31. The molecule has 2 aromatic carbocycles. The summed E-state index contributed by atoms with van der Waals surface area (Å²) < 4.78 is 41.1. The molecule has 148 valence electrons. The average molecular weight is 436 g/mol. The first kappa shape index (κ1) is 19.7. The number of hydrogen-bond donors (Lipinski definition) is 0. The van der Waals surface area contributed by atoms with Crippen LogP contribution in [0.1, 0.15) is 11.4 Å². The maximum Gasteiger partial charge on any atom is 0.396 e. The Morgan fingerprint density at radius 2 is 1.72 bits per heavy atom. The highest BCUT2D eigenvalue weighted by atomic mass is 35.5. The monoisotopic (exact) mass is 435 g/mol. The molecule has 4 rings (SSSR count). The summed E-state index contributed by atoms with van der Waals surface area (Å²) in [5.41, 5.74) is 3.48. The molecule has 4 aromatic rings. The van der Waals surface area contributed by atoms with Crippen LogP contribution in [0.5, 0.6) is 0 Å². The fraction of sp³-hybridized carbons (Fsp3) is 0.143. The number of rotatable bonds is 4. The molecule has 2 aromatic heterocycles. The van der Waals surface area contributed by atoms with Gasteiger partial charge in [-0.15, -0.1) is 0 Å². The molecular formula is C21H14Cl2F3N3. The SMILES string of the molecule is FC(F)(F)Cc1nc2cc(Cl)c(Cl)cc2n1Cc1ccccc1-c1cccnc1. The molecule has 0 radical (unpaired) electrons. The third-order valence-electron chi connectivity index (χ3n) is 4.55. The molecule has 3 nitrogen and oxygen atoms in total. The third-order valence-corrected chi connectivity index (χ3v) is 5.27.